The number of likely N-dealkylation sites (tertiary alicyclic amines) is 1. The van der Waals surface area contributed by atoms with Gasteiger partial charge >= 0.3 is 11.7 Å². The van der Waals surface area contributed by atoms with E-state index in [4.69, 9.17) is 4.74 Å². The highest BCUT2D eigenvalue weighted by molar-refractivity contribution is 5.89. The summed E-state index contributed by atoms with van der Waals surface area (Å²) in [6.07, 6.45) is 1.50. The average molecular weight is 366 g/mol. The quantitative estimate of drug-likeness (QED) is 0.747. The van der Waals surface area contributed by atoms with E-state index in [1.54, 1.807) is 12.0 Å². The van der Waals surface area contributed by atoms with Gasteiger partial charge in [0.1, 0.15) is 5.75 Å². The summed E-state index contributed by atoms with van der Waals surface area (Å²) in [6, 6.07) is 14.9. The van der Waals surface area contributed by atoms with E-state index in [2.05, 4.69) is 10.3 Å². The molecule has 0 bridgehead atoms. The number of aromatic amines is 1. The smallest absolute Gasteiger partial charge is 0.326 e. The van der Waals surface area contributed by atoms with Crippen molar-refractivity contribution in [3.05, 3.63) is 59.0 Å². The van der Waals surface area contributed by atoms with Crippen LogP contribution in [0.5, 0.6) is 5.75 Å². The maximum atomic E-state index is 12.5. The van der Waals surface area contributed by atoms with Crippen molar-refractivity contribution in [3.63, 3.8) is 0 Å². The molecule has 140 valence electrons. The van der Waals surface area contributed by atoms with Gasteiger partial charge in [0.2, 0.25) is 0 Å². The molecule has 1 aliphatic heterocycles. The molecule has 0 spiro atoms. The fourth-order valence-electron chi connectivity index (χ4n) is 3.64. The minimum atomic E-state index is -0.120. The van der Waals surface area contributed by atoms with Crippen molar-refractivity contribution in [2.24, 2.45) is 0 Å². The second-order valence-corrected chi connectivity index (χ2v) is 6.69. The van der Waals surface area contributed by atoms with Crippen molar-refractivity contribution in [3.8, 4) is 5.75 Å². The van der Waals surface area contributed by atoms with Crippen molar-refractivity contribution in [2.45, 2.75) is 18.9 Å². The second kappa shape index (κ2) is 7.19. The first-order chi connectivity index (χ1) is 13.2. The molecule has 1 aromatic heterocycles. The summed E-state index contributed by atoms with van der Waals surface area (Å²) in [6.45, 7) is 1.22. The third-order valence-electron chi connectivity index (χ3n) is 5.08. The number of hydrogen-bond donors (Lipinski definition) is 2. The van der Waals surface area contributed by atoms with Crippen LogP contribution in [-0.4, -0.2) is 40.7 Å². The van der Waals surface area contributed by atoms with Crippen LogP contribution >= 0.6 is 0 Å². The Morgan fingerprint density at radius 3 is 2.52 bits per heavy atom. The fraction of sp³-hybridized carbons (Fsp3) is 0.300. The van der Waals surface area contributed by atoms with Crippen LogP contribution in [0.1, 0.15) is 18.9 Å². The van der Waals surface area contributed by atoms with E-state index < -0.39 is 0 Å². The van der Waals surface area contributed by atoms with Gasteiger partial charge in [0.05, 0.1) is 18.1 Å². The van der Waals surface area contributed by atoms with Crippen molar-refractivity contribution in [1.82, 2.24) is 14.5 Å². The van der Waals surface area contributed by atoms with Crippen LogP contribution in [0.2, 0.25) is 0 Å². The van der Waals surface area contributed by atoms with Gasteiger partial charge in [-0.1, -0.05) is 12.1 Å². The third kappa shape index (κ3) is 3.40. The topological polar surface area (TPSA) is 79.4 Å². The normalized spacial score (nSPS) is 15.1. The molecule has 7 nitrogen and oxygen atoms in total. The third-order valence-corrected chi connectivity index (χ3v) is 5.08. The van der Waals surface area contributed by atoms with Gasteiger partial charge in [-0.25, -0.2) is 9.59 Å². The fourth-order valence-corrected chi connectivity index (χ4v) is 3.64. The lowest BCUT2D eigenvalue weighted by atomic mass is 10.0. The molecule has 1 fully saturated rings. The van der Waals surface area contributed by atoms with Crippen molar-refractivity contribution in [2.75, 3.05) is 25.5 Å². The average Bonchev–Trinajstić information content (AvgIpc) is 3.04. The minimum Gasteiger partial charge on any atom is -0.497 e. The molecular formula is C20H22N4O3. The molecule has 27 heavy (non-hydrogen) atoms. The molecule has 2 aromatic carbocycles. The standard InChI is InChI=1S/C20H22N4O3/c1-27-16-8-6-14(7-9-16)21-19(25)23-12-10-15(11-13-23)24-18-5-3-2-4-17(18)22-20(24)26/h2-9,15H,10-13H2,1H3,(H,21,25)(H,22,26). The Labute approximate surface area is 156 Å². The Balaban J connectivity index is 1.41. The predicted octanol–water partition coefficient (Wildman–Crippen LogP) is 3.21. The zero-order valence-electron chi connectivity index (χ0n) is 15.1. The number of nitrogens with zero attached hydrogens (tertiary/aromatic N) is 2. The number of aromatic nitrogens is 2. The number of urea groups is 1. The Kier molecular flexibility index (Phi) is 4.58. The molecule has 0 radical (unpaired) electrons. The lowest BCUT2D eigenvalue weighted by Gasteiger charge is -2.32. The van der Waals surface area contributed by atoms with Gasteiger partial charge in [-0.15, -0.1) is 0 Å². The van der Waals surface area contributed by atoms with E-state index in [-0.39, 0.29) is 17.8 Å². The highest BCUT2D eigenvalue weighted by Crippen LogP contribution is 2.25. The van der Waals surface area contributed by atoms with Crippen molar-refractivity contribution < 1.29 is 9.53 Å². The van der Waals surface area contributed by atoms with Crippen LogP contribution in [0.3, 0.4) is 0 Å². The number of carbonyl (C=O) groups is 1. The molecule has 3 aromatic rings. The van der Waals surface area contributed by atoms with E-state index >= 15 is 0 Å². The first-order valence-electron chi connectivity index (χ1n) is 9.05. The van der Waals surface area contributed by atoms with Crippen LogP contribution in [0.25, 0.3) is 11.0 Å². The summed E-state index contributed by atoms with van der Waals surface area (Å²) in [5, 5.41) is 2.91. The summed E-state index contributed by atoms with van der Waals surface area (Å²) in [4.78, 5) is 29.6. The number of fused-ring (bicyclic) bond motifs is 1. The Bertz CT molecular complexity index is 998. The Hall–Kier alpha value is -3.22. The number of rotatable bonds is 3. The number of imidazole rings is 1. The van der Waals surface area contributed by atoms with Crippen LogP contribution in [0, 0.1) is 0 Å². The number of ether oxygens (including phenoxy) is 1. The number of anilines is 1. The number of amides is 2. The molecule has 4 rings (SSSR count). The number of benzene rings is 2. The molecule has 1 saturated heterocycles. The van der Waals surface area contributed by atoms with Gasteiger partial charge in [0.25, 0.3) is 0 Å². The van der Waals surface area contributed by atoms with Crippen LogP contribution < -0.4 is 15.7 Å². The van der Waals surface area contributed by atoms with Gasteiger partial charge in [-0.2, -0.15) is 0 Å². The van der Waals surface area contributed by atoms with Crippen LogP contribution in [0.4, 0.5) is 10.5 Å². The summed E-state index contributed by atoms with van der Waals surface area (Å²) in [5.74, 6) is 0.748. The summed E-state index contributed by atoms with van der Waals surface area (Å²) < 4.78 is 6.95. The summed E-state index contributed by atoms with van der Waals surface area (Å²) >= 11 is 0. The maximum Gasteiger partial charge on any atom is 0.326 e. The summed E-state index contributed by atoms with van der Waals surface area (Å²) in [7, 11) is 1.61. The molecule has 0 saturated carbocycles. The zero-order valence-corrected chi connectivity index (χ0v) is 15.1. The molecule has 0 unspecified atom stereocenters. The highest BCUT2D eigenvalue weighted by Gasteiger charge is 2.26. The number of hydrogen-bond acceptors (Lipinski definition) is 3. The van der Waals surface area contributed by atoms with E-state index in [1.165, 1.54) is 0 Å². The van der Waals surface area contributed by atoms with Gasteiger partial charge in [0.15, 0.2) is 0 Å². The van der Waals surface area contributed by atoms with Gasteiger partial charge in [-0.05, 0) is 49.2 Å². The number of piperidine rings is 1. The largest absolute Gasteiger partial charge is 0.497 e. The number of para-hydroxylation sites is 2. The van der Waals surface area contributed by atoms with Gasteiger partial charge in [0, 0.05) is 24.8 Å². The van der Waals surface area contributed by atoms with E-state index in [9.17, 15) is 9.59 Å². The zero-order chi connectivity index (χ0) is 18.8. The molecular weight excluding hydrogens is 344 g/mol. The first-order valence-corrected chi connectivity index (χ1v) is 9.05. The lowest BCUT2D eigenvalue weighted by Crippen LogP contribution is -2.42. The Morgan fingerprint density at radius 2 is 1.81 bits per heavy atom. The monoisotopic (exact) mass is 366 g/mol. The molecule has 0 aliphatic carbocycles. The number of nitrogens with one attached hydrogen (secondary N) is 2. The molecule has 1 aliphatic rings. The predicted molar refractivity (Wildman–Crippen MR) is 104 cm³/mol. The lowest BCUT2D eigenvalue weighted by molar-refractivity contribution is 0.184. The number of carbonyl (C=O) groups excluding carboxylic acids is 1. The van der Waals surface area contributed by atoms with Crippen molar-refractivity contribution >= 4 is 22.8 Å². The maximum absolute atomic E-state index is 12.5. The summed E-state index contributed by atoms with van der Waals surface area (Å²) in [5.41, 5.74) is 2.42. The van der Waals surface area contributed by atoms with Gasteiger partial charge in [-0.3, -0.25) is 4.57 Å². The minimum absolute atomic E-state index is 0.0858. The highest BCUT2D eigenvalue weighted by atomic mass is 16.5. The first kappa shape index (κ1) is 17.2. The number of H-pyrrole nitrogens is 1. The SMILES string of the molecule is COc1ccc(NC(=O)N2CCC(n3c(=O)[nH]c4ccccc43)CC2)cc1. The molecule has 2 N–H and O–H groups in total. The van der Waals surface area contributed by atoms with Crippen LogP contribution in [0.15, 0.2) is 53.3 Å². The van der Waals surface area contributed by atoms with E-state index in [0.717, 1.165) is 35.3 Å². The van der Waals surface area contributed by atoms with Crippen LogP contribution in [-0.2, 0) is 0 Å². The molecule has 0 atom stereocenters. The molecule has 2 amide bonds. The van der Waals surface area contributed by atoms with Crippen molar-refractivity contribution in [1.29, 1.82) is 0 Å². The second-order valence-electron chi connectivity index (χ2n) is 6.69. The van der Waals surface area contributed by atoms with E-state index in [1.807, 2.05) is 53.1 Å². The Morgan fingerprint density at radius 1 is 1.11 bits per heavy atom. The van der Waals surface area contributed by atoms with E-state index in [0.29, 0.717) is 13.1 Å². The van der Waals surface area contributed by atoms with Gasteiger partial charge < -0.3 is 19.9 Å². The molecule has 2 heterocycles. The number of methoxy groups -OCH3 is 1. The molecule has 7 heteroatoms.